The molecule has 2 rings (SSSR count). The molecule has 0 spiro atoms. The Bertz CT molecular complexity index is 752. The van der Waals surface area contributed by atoms with Crippen LogP contribution in [0.15, 0.2) is 4.79 Å². The van der Waals surface area contributed by atoms with Crippen molar-refractivity contribution >= 4 is 23.5 Å². The van der Waals surface area contributed by atoms with Crippen LogP contribution in [0.25, 0.3) is 0 Å². The van der Waals surface area contributed by atoms with Crippen LogP contribution in [0.5, 0.6) is 0 Å². The number of rotatable bonds is 5. The van der Waals surface area contributed by atoms with Crippen molar-refractivity contribution < 1.29 is 4.79 Å². The van der Waals surface area contributed by atoms with Crippen LogP contribution in [0.4, 0.5) is 5.95 Å². The first kappa shape index (κ1) is 16.1. The van der Waals surface area contributed by atoms with Crippen LogP contribution in [0.2, 0.25) is 5.02 Å². The molecule has 0 saturated heterocycles. The van der Waals surface area contributed by atoms with Gasteiger partial charge in [0, 0.05) is 19.7 Å². The fraction of sp³-hybridized carbons (Fsp3) is 0.500. The lowest BCUT2D eigenvalue weighted by Gasteiger charge is -2.10. The molecule has 10 heteroatoms. The standard InChI is InChI=1S/C12H16ClN7O2/c1-4-5-6-7-8(13)9(16-19(2)11(7)22)10(21)14-12-15-17-18-20(12)3/h4-6H2,1-3H3,(H,14,15,18,21). The minimum Gasteiger partial charge on any atom is -0.288 e. The molecule has 0 unspecified atom stereocenters. The third-order valence-corrected chi connectivity index (χ3v) is 3.52. The molecule has 0 aromatic carbocycles. The molecule has 0 saturated carbocycles. The van der Waals surface area contributed by atoms with Gasteiger partial charge in [-0.05, 0) is 23.3 Å². The van der Waals surface area contributed by atoms with Crippen LogP contribution in [0.1, 0.15) is 35.8 Å². The van der Waals surface area contributed by atoms with Crippen molar-refractivity contribution in [1.29, 1.82) is 0 Å². The average Bonchev–Trinajstić information content (AvgIpc) is 2.88. The summed E-state index contributed by atoms with van der Waals surface area (Å²) in [6.45, 7) is 2.01. The number of nitrogens with zero attached hydrogens (tertiary/aromatic N) is 6. The topological polar surface area (TPSA) is 108 Å². The van der Waals surface area contributed by atoms with Gasteiger partial charge in [0.2, 0.25) is 5.95 Å². The molecule has 22 heavy (non-hydrogen) atoms. The number of hydrogen-bond acceptors (Lipinski definition) is 6. The maximum atomic E-state index is 12.3. The maximum absolute atomic E-state index is 12.3. The van der Waals surface area contributed by atoms with Gasteiger partial charge in [0.25, 0.3) is 11.5 Å². The lowest BCUT2D eigenvalue weighted by atomic mass is 10.1. The number of nitrogens with one attached hydrogen (secondary N) is 1. The van der Waals surface area contributed by atoms with E-state index in [1.165, 1.54) is 11.7 Å². The predicted octanol–water partition coefficient (Wildman–Crippen LogP) is 0.552. The van der Waals surface area contributed by atoms with Crippen molar-refractivity contribution in [3.63, 3.8) is 0 Å². The molecule has 2 aromatic rings. The quantitative estimate of drug-likeness (QED) is 0.860. The Labute approximate surface area is 131 Å². The maximum Gasteiger partial charge on any atom is 0.280 e. The van der Waals surface area contributed by atoms with E-state index in [2.05, 4.69) is 25.9 Å². The molecule has 0 atom stereocenters. The number of carbonyl (C=O) groups is 1. The summed E-state index contributed by atoms with van der Waals surface area (Å²) in [6, 6.07) is 0. The molecule has 0 aliphatic carbocycles. The second-order valence-corrected chi connectivity index (χ2v) is 5.13. The highest BCUT2D eigenvalue weighted by Crippen LogP contribution is 2.19. The van der Waals surface area contributed by atoms with E-state index in [9.17, 15) is 9.59 Å². The van der Waals surface area contributed by atoms with E-state index in [1.807, 2.05) is 6.92 Å². The first-order valence-electron chi connectivity index (χ1n) is 6.75. The molecule has 0 fully saturated rings. The van der Waals surface area contributed by atoms with Crippen molar-refractivity contribution in [3.05, 3.63) is 26.6 Å². The molecule has 9 nitrogen and oxygen atoms in total. The zero-order chi connectivity index (χ0) is 16.3. The zero-order valence-electron chi connectivity index (χ0n) is 12.5. The molecule has 0 aliphatic heterocycles. The number of carbonyl (C=O) groups excluding carboxylic acids is 1. The highest BCUT2D eigenvalue weighted by Gasteiger charge is 2.21. The number of halogens is 1. The van der Waals surface area contributed by atoms with E-state index >= 15 is 0 Å². The van der Waals surface area contributed by atoms with E-state index < -0.39 is 5.91 Å². The number of anilines is 1. The minimum atomic E-state index is -0.573. The monoisotopic (exact) mass is 325 g/mol. The normalized spacial score (nSPS) is 10.7. The van der Waals surface area contributed by atoms with Gasteiger partial charge in [0.1, 0.15) is 0 Å². The van der Waals surface area contributed by atoms with Crippen LogP contribution < -0.4 is 10.9 Å². The summed E-state index contributed by atoms with van der Waals surface area (Å²) in [6.07, 6.45) is 2.21. The van der Waals surface area contributed by atoms with E-state index in [4.69, 9.17) is 11.6 Å². The van der Waals surface area contributed by atoms with Crippen LogP contribution in [0.3, 0.4) is 0 Å². The highest BCUT2D eigenvalue weighted by atomic mass is 35.5. The minimum absolute atomic E-state index is 0.0298. The Hall–Kier alpha value is -2.29. The molecule has 0 bridgehead atoms. The van der Waals surface area contributed by atoms with Gasteiger partial charge in [-0.1, -0.05) is 30.0 Å². The van der Waals surface area contributed by atoms with Crippen LogP contribution in [-0.4, -0.2) is 35.9 Å². The van der Waals surface area contributed by atoms with Gasteiger partial charge in [-0.2, -0.15) is 5.10 Å². The smallest absolute Gasteiger partial charge is 0.280 e. The van der Waals surface area contributed by atoms with Gasteiger partial charge in [0.15, 0.2) is 5.69 Å². The predicted molar refractivity (Wildman–Crippen MR) is 79.9 cm³/mol. The van der Waals surface area contributed by atoms with Crippen molar-refractivity contribution in [2.75, 3.05) is 5.32 Å². The molecule has 118 valence electrons. The van der Waals surface area contributed by atoms with Crippen molar-refractivity contribution in [1.82, 2.24) is 30.0 Å². The Kier molecular flexibility index (Phi) is 4.86. The summed E-state index contributed by atoms with van der Waals surface area (Å²) in [5.74, 6) is -0.414. The third kappa shape index (κ3) is 3.14. The number of aryl methyl sites for hydroxylation is 2. The Morgan fingerprint density at radius 3 is 2.64 bits per heavy atom. The lowest BCUT2D eigenvalue weighted by molar-refractivity contribution is 0.101. The molecule has 2 aromatic heterocycles. The summed E-state index contributed by atoms with van der Waals surface area (Å²) in [5.41, 5.74) is 0.0652. The summed E-state index contributed by atoms with van der Waals surface area (Å²) >= 11 is 6.20. The summed E-state index contributed by atoms with van der Waals surface area (Å²) in [7, 11) is 3.06. The lowest BCUT2D eigenvalue weighted by Crippen LogP contribution is -2.29. The van der Waals surface area contributed by atoms with Crippen LogP contribution in [0, 0.1) is 0 Å². The Morgan fingerprint density at radius 1 is 1.32 bits per heavy atom. The highest BCUT2D eigenvalue weighted by molar-refractivity contribution is 6.34. The van der Waals surface area contributed by atoms with Crippen LogP contribution in [-0.2, 0) is 20.5 Å². The zero-order valence-corrected chi connectivity index (χ0v) is 13.3. The fourth-order valence-electron chi connectivity index (χ4n) is 1.88. The summed E-state index contributed by atoms with van der Waals surface area (Å²) in [4.78, 5) is 24.4. The number of hydrogen-bond donors (Lipinski definition) is 1. The second kappa shape index (κ2) is 6.65. The molecule has 2 heterocycles. The van der Waals surface area contributed by atoms with E-state index in [1.54, 1.807) is 7.05 Å². The number of amides is 1. The van der Waals surface area contributed by atoms with Gasteiger partial charge < -0.3 is 0 Å². The number of aromatic nitrogens is 6. The first-order chi connectivity index (χ1) is 10.5. The molecule has 0 aliphatic rings. The largest absolute Gasteiger partial charge is 0.288 e. The first-order valence-corrected chi connectivity index (χ1v) is 7.12. The molecular weight excluding hydrogens is 310 g/mol. The average molecular weight is 326 g/mol. The van der Waals surface area contributed by atoms with E-state index in [-0.39, 0.29) is 22.2 Å². The summed E-state index contributed by atoms with van der Waals surface area (Å²) in [5, 5.41) is 17.2. The molecular formula is C12H16ClN7O2. The molecule has 1 amide bonds. The Balaban J connectivity index is 2.38. The van der Waals surface area contributed by atoms with Gasteiger partial charge in [0.05, 0.1) is 5.02 Å². The van der Waals surface area contributed by atoms with Crippen molar-refractivity contribution in [2.45, 2.75) is 26.2 Å². The molecule has 1 N–H and O–H groups in total. The van der Waals surface area contributed by atoms with Crippen molar-refractivity contribution in [2.24, 2.45) is 14.1 Å². The van der Waals surface area contributed by atoms with Gasteiger partial charge in [-0.15, -0.1) is 0 Å². The van der Waals surface area contributed by atoms with Gasteiger partial charge >= 0.3 is 0 Å². The number of tetrazole rings is 1. The number of unbranched alkanes of at least 4 members (excludes halogenated alkanes) is 1. The molecule has 0 radical (unpaired) electrons. The van der Waals surface area contributed by atoms with E-state index in [0.717, 1.165) is 17.5 Å². The van der Waals surface area contributed by atoms with Gasteiger partial charge in [-0.3, -0.25) is 14.9 Å². The van der Waals surface area contributed by atoms with Crippen molar-refractivity contribution in [3.8, 4) is 0 Å². The van der Waals surface area contributed by atoms with Gasteiger partial charge in [-0.25, -0.2) is 9.36 Å². The SMILES string of the molecule is CCCCc1c(Cl)c(C(=O)Nc2nnnn2C)nn(C)c1=O. The fourth-order valence-corrected chi connectivity index (χ4v) is 2.18. The van der Waals surface area contributed by atoms with Crippen LogP contribution >= 0.6 is 11.6 Å². The Morgan fingerprint density at radius 2 is 2.05 bits per heavy atom. The third-order valence-electron chi connectivity index (χ3n) is 3.12. The summed E-state index contributed by atoms with van der Waals surface area (Å²) < 4.78 is 2.41. The van der Waals surface area contributed by atoms with E-state index in [0.29, 0.717) is 12.0 Å². The second-order valence-electron chi connectivity index (χ2n) is 4.75.